The number of nitrogens with one attached hydrogen (secondary N) is 1. The molecule has 3 aromatic rings. The van der Waals surface area contributed by atoms with E-state index >= 15 is 0 Å². The fourth-order valence-corrected chi connectivity index (χ4v) is 3.32. The van der Waals surface area contributed by atoms with Gasteiger partial charge in [-0.1, -0.05) is 31.2 Å². The summed E-state index contributed by atoms with van der Waals surface area (Å²) >= 11 is 0. The molecule has 0 aromatic heterocycles. The number of rotatable bonds is 7. The molecule has 0 aliphatic rings. The molecule has 0 spiro atoms. The Kier molecular flexibility index (Phi) is 6.50. The van der Waals surface area contributed by atoms with Crippen LogP contribution in [0.1, 0.15) is 29.3 Å². The highest BCUT2D eigenvalue weighted by Crippen LogP contribution is 2.31. The minimum absolute atomic E-state index is 0.0359. The third-order valence-corrected chi connectivity index (χ3v) is 4.90. The van der Waals surface area contributed by atoms with Gasteiger partial charge in [0.2, 0.25) is 5.91 Å². The van der Waals surface area contributed by atoms with E-state index in [2.05, 4.69) is 17.4 Å². The van der Waals surface area contributed by atoms with Gasteiger partial charge in [-0.2, -0.15) is 0 Å². The smallest absolute Gasteiger partial charge is 0.337 e. The molecule has 0 radical (unpaired) electrons. The molecule has 0 saturated heterocycles. The summed E-state index contributed by atoms with van der Waals surface area (Å²) in [6.07, 6.45) is 1.16. The van der Waals surface area contributed by atoms with Crippen LogP contribution in [-0.4, -0.2) is 32.6 Å². The first-order valence-electron chi connectivity index (χ1n) is 9.61. The largest absolute Gasteiger partial charge is 0.497 e. The highest BCUT2D eigenvalue weighted by atomic mass is 16.5. The van der Waals surface area contributed by atoms with E-state index in [1.807, 2.05) is 43.3 Å². The SMILES string of the molecule is CCC(=O)NCCc1cc(-c2cccc(C(=O)OC)c2)cc2ccc(OC)cc12. The van der Waals surface area contributed by atoms with Gasteiger partial charge in [0.05, 0.1) is 19.8 Å². The van der Waals surface area contributed by atoms with Crippen LogP contribution in [0.15, 0.2) is 54.6 Å². The Labute approximate surface area is 170 Å². The van der Waals surface area contributed by atoms with E-state index in [4.69, 9.17) is 9.47 Å². The lowest BCUT2D eigenvalue weighted by Crippen LogP contribution is -2.24. The molecular formula is C24H25NO4. The molecule has 0 atom stereocenters. The summed E-state index contributed by atoms with van der Waals surface area (Å²) < 4.78 is 10.2. The number of carbonyl (C=O) groups is 2. The number of amides is 1. The van der Waals surface area contributed by atoms with Gasteiger partial charge in [0.15, 0.2) is 0 Å². The monoisotopic (exact) mass is 391 g/mol. The Morgan fingerprint density at radius 3 is 2.52 bits per heavy atom. The highest BCUT2D eigenvalue weighted by molar-refractivity contribution is 5.94. The molecule has 3 aromatic carbocycles. The minimum Gasteiger partial charge on any atom is -0.497 e. The van der Waals surface area contributed by atoms with Crippen molar-refractivity contribution >= 4 is 22.6 Å². The normalized spacial score (nSPS) is 10.6. The van der Waals surface area contributed by atoms with E-state index in [0.29, 0.717) is 24.9 Å². The van der Waals surface area contributed by atoms with E-state index < -0.39 is 0 Å². The Bertz CT molecular complexity index is 1040. The molecule has 29 heavy (non-hydrogen) atoms. The molecule has 0 unspecified atom stereocenters. The predicted octanol–water partition coefficient (Wildman–Crippen LogP) is 4.37. The summed E-state index contributed by atoms with van der Waals surface area (Å²) in [7, 11) is 3.02. The van der Waals surface area contributed by atoms with Gasteiger partial charge in [0.25, 0.3) is 0 Å². The van der Waals surface area contributed by atoms with E-state index in [0.717, 1.165) is 33.2 Å². The summed E-state index contributed by atoms with van der Waals surface area (Å²) in [6, 6.07) is 17.6. The number of carbonyl (C=O) groups excluding carboxylic acids is 2. The Balaban J connectivity index is 2.04. The lowest BCUT2D eigenvalue weighted by atomic mass is 9.94. The van der Waals surface area contributed by atoms with Gasteiger partial charge in [-0.25, -0.2) is 4.79 Å². The van der Waals surface area contributed by atoms with Crippen molar-refractivity contribution < 1.29 is 19.1 Å². The number of fused-ring (bicyclic) bond motifs is 1. The fourth-order valence-electron chi connectivity index (χ4n) is 3.32. The molecule has 0 heterocycles. The lowest BCUT2D eigenvalue weighted by molar-refractivity contribution is -0.120. The number of esters is 1. The predicted molar refractivity (Wildman–Crippen MR) is 114 cm³/mol. The summed E-state index contributed by atoms with van der Waals surface area (Å²) in [5.74, 6) is 0.463. The van der Waals surface area contributed by atoms with Crippen molar-refractivity contribution in [1.82, 2.24) is 5.32 Å². The van der Waals surface area contributed by atoms with E-state index in [1.54, 1.807) is 13.2 Å². The molecule has 0 aliphatic heterocycles. The van der Waals surface area contributed by atoms with Crippen molar-refractivity contribution in [2.45, 2.75) is 19.8 Å². The van der Waals surface area contributed by atoms with Crippen LogP contribution in [-0.2, 0) is 16.0 Å². The lowest BCUT2D eigenvalue weighted by Gasteiger charge is -2.13. The van der Waals surface area contributed by atoms with Crippen molar-refractivity contribution in [1.29, 1.82) is 0 Å². The van der Waals surface area contributed by atoms with E-state index in [-0.39, 0.29) is 11.9 Å². The Hall–Kier alpha value is -3.34. The molecule has 0 fully saturated rings. The molecular weight excluding hydrogens is 366 g/mol. The summed E-state index contributed by atoms with van der Waals surface area (Å²) in [5, 5.41) is 5.09. The maximum absolute atomic E-state index is 11.9. The van der Waals surface area contributed by atoms with Gasteiger partial charge in [0.1, 0.15) is 5.75 Å². The van der Waals surface area contributed by atoms with Crippen molar-refractivity contribution in [3.63, 3.8) is 0 Å². The van der Waals surface area contributed by atoms with Crippen LogP contribution in [0.25, 0.3) is 21.9 Å². The van der Waals surface area contributed by atoms with Gasteiger partial charge < -0.3 is 14.8 Å². The maximum Gasteiger partial charge on any atom is 0.337 e. The maximum atomic E-state index is 11.9. The average molecular weight is 391 g/mol. The zero-order valence-corrected chi connectivity index (χ0v) is 17.0. The van der Waals surface area contributed by atoms with Gasteiger partial charge in [-0.15, -0.1) is 0 Å². The summed E-state index contributed by atoms with van der Waals surface area (Å²) in [6.45, 7) is 2.40. The Morgan fingerprint density at radius 1 is 0.966 bits per heavy atom. The molecule has 0 bridgehead atoms. The van der Waals surface area contributed by atoms with Crippen molar-refractivity contribution in [3.8, 4) is 16.9 Å². The number of hydrogen-bond acceptors (Lipinski definition) is 4. The minimum atomic E-state index is -0.361. The first-order valence-corrected chi connectivity index (χ1v) is 9.61. The first kappa shape index (κ1) is 20.4. The summed E-state index contributed by atoms with van der Waals surface area (Å²) in [4.78, 5) is 23.5. The first-order chi connectivity index (χ1) is 14.0. The molecule has 150 valence electrons. The summed E-state index contributed by atoms with van der Waals surface area (Å²) in [5.41, 5.74) is 3.56. The van der Waals surface area contributed by atoms with Gasteiger partial charge in [-0.3, -0.25) is 4.79 Å². The average Bonchev–Trinajstić information content (AvgIpc) is 2.77. The third kappa shape index (κ3) is 4.74. The van der Waals surface area contributed by atoms with Crippen LogP contribution in [0, 0.1) is 0 Å². The number of hydrogen-bond donors (Lipinski definition) is 1. The van der Waals surface area contributed by atoms with Crippen LogP contribution in [0.3, 0.4) is 0 Å². The highest BCUT2D eigenvalue weighted by Gasteiger charge is 2.11. The zero-order valence-electron chi connectivity index (χ0n) is 17.0. The molecule has 5 heteroatoms. The second kappa shape index (κ2) is 9.24. The van der Waals surface area contributed by atoms with Crippen LogP contribution in [0.2, 0.25) is 0 Å². The topological polar surface area (TPSA) is 64.6 Å². The quantitative estimate of drug-likeness (QED) is 0.608. The number of methoxy groups -OCH3 is 2. The van der Waals surface area contributed by atoms with Crippen LogP contribution in [0.4, 0.5) is 0 Å². The van der Waals surface area contributed by atoms with Crippen molar-refractivity contribution in [2.75, 3.05) is 20.8 Å². The molecule has 1 N–H and O–H groups in total. The second-order valence-electron chi connectivity index (χ2n) is 6.75. The zero-order chi connectivity index (χ0) is 20.8. The Morgan fingerprint density at radius 2 is 1.79 bits per heavy atom. The molecule has 3 rings (SSSR count). The van der Waals surface area contributed by atoms with Gasteiger partial charge in [0, 0.05) is 13.0 Å². The van der Waals surface area contributed by atoms with Crippen LogP contribution < -0.4 is 10.1 Å². The second-order valence-corrected chi connectivity index (χ2v) is 6.75. The molecule has 5 nitrogen and oxygen atoms in total. The number of benzene rings is 3. The third-order valence-electron chi connectivity index (χ3n) is 4.90. The molecule has 0 saturated carbocycles. The fraction of sp³-hybridized carbons (Fsp3) is 0.250. The standard InChI is InChI=1S/C24H25NO4/c1-4-23(26)25-11-10-18-14-20(13-17-8-9-21(28-2)15-22(17)18)16-6-5-7-19(12-16)24(27)29-3/h5-9,12-15H,4,10-11H2,1-3H3,(H,25,26). The van der Waals surface area contributed by atoms with Crippen LogP contribution >= 0.6 is 0 Å². The van der Waals surface area contributed by atoms with E-state index in [9.17, 15) is 9.59 Å². The molecule has 0 aliphatic carbocycles. The van der Waals surface area contributed by atoms with Gasteiger partial charge >= 0.3 is 5.97 Å². The van der Waals surface area contributed by atoms with Crippen molar-refractivity contribution in [2.24, 2.45) is 0 Å². The van der Waals surface area contributed by atoms with Crippen LogP contribution in [0.5, 0.6) is 5.75 Å². The molecule has 1 amide bonds. The van der Waals surface area contributed by atoms with Crippen molar-refractivity contribution in [3.05, 3.63) is 65.7 Å². The number of ether oxygens (including phenoxy) is 2. The van der Waals surface area contributed by atoms with E-state index in [1.165, 1.54) is 7.11 Å². The van der Waals surface area contributed by atoms with Gasteiger partial charge in [-0.05, 0) is 64.2 Å².